The maximum absolute atomic E-state index is 5.72. The molecule has 1 aliphatic heterocycles. The van der Waals surface area contributed by atoms with Gasteiger partial charge < -0.3 is 4.74 Å². The Balaban J connectivity index is 2.54. The molecule has 0 amide bonds. The maximum Gasteiger partial charge on any atom is 0.0919 e. The molecule has 1 fully saturated rings. The minimum absolute atomic E-state index is 0.347. The van der Waals surface area contributed by atoms with E-state index in [4.69, 9.17) is 9.72 Å². The van der Waals surface area contributed by atoms with Crippen molar-refractivity contribution in [2.45, 2.75) is 46.5 Å². The van der Waals surface area contributed by atoms with Gasteiger partial charge in [-0.25, -0.2) is 0 Å². The molecule has 1 aromatic heterocycles. The van der Waals surface area contributed by atoms with Gasteiger partial charge in [0.05, 0.1) is 18.0 Å². The third-order valence-electron chi connectivity index (χ3n) is 4.79. The predicted octanol–water partition coefficient (Wildman–Crippen LogP) is 4.29. The summed E-state index contributed by atoms with van der Waals surface area (Å²) in [4.78, 5) is 13.6. The van der Waals surface area contributed by atoms with Gasteiger partial charge in [0, 0.05) is 38.5 Å². The first kappa shape index (κ1) is 19.5. The van der Waals surface area contributed by atoms with Crippen molar-refractivity contribution in [1.29, 1.82) is 0 Å². The van der Waals surface area contributed by atoms with E-state index in [0.29, 0.717) is 11.8 Å². The highest BCUT2D eigenvalue weighted by Crippen LogP contribution is 2.31. The average molecular weight is 341 g/mol. The van der Waals surface area contributed by atoms with Gasteiger partial charge in [-0.05, 0) is 61.4 Å². The lowest BCUT2D eigenvalue weighted by Crippen LogP contribution is -2.20. The van der Waals surface area contributed by atoms with Crippen molar-refractivity contribution in [3.05, 3.63) is 40.2 Å². The molecule has 0 bridgehead atoms. The first-order chi connectivity index (χ1) is 12.0. The number of hydrogen-bond donors (Lipinski definition) is 0. The van der Waals surface area contributed by atoms with E-state index in [1.54, 1.807) is 7.05 Å². The Kier molecular flexibility index (Phi) is 7.06. The summed E-state index contributed by atoms with van der Waals surface area (Å²) in [5.41, 5.74) is 6.74. The van der Waals surface area contributed by atoms with Gasteiger partial charge in [-0.2, -0.15) is 0 Å². The third kappa shape index (κ3) is 4.63. The van der Waals surface area contributed by atoms with Crippen molar-refractivity contribution >= 4 is 11.9 Å². The van der Waals surface area contributed by atoms with E-state index in [0.717, 1.165) is 36.7 Å². The summed E-state index contributed by atoms with van der Waals surface area (Å²) in [7, 11) is 3.63. The van der Waals surface area contributed by atoms with E-state index in [2.05, 4.69) is 49.8 Å². The smallest absolute Gasteiger partial charge is 0.0919 e. The monoisotopic (exact) mass is 341 g/mol. The molecule has 2 rings (SSSR count). The zero-order valence-electron chi connectivity index (χ0n) is 16.5. The maximum atomic E-state index is 5.72. The van der Waals surface area contributed by atoms with Gasteiger partial charge in [0.1, 0.15) is 0 Å². The van der Waals surface area contributed by atoms with Crippen LogP contribution in [0.15, 0.2) is 27.7 Å². The van der Waals surface area contributed by atoms with Gasteiger partial charge in [0.25, 0.3) is 0 Å². The summed E-state index contributed by atoms with van der Waals surface area (Å²) < 4.78 is 5.72. The summed E-state index contributed by atoms with van der Waals surface area (Å²) in [5.74, 6) is 0.802. The molecule has 4 heteroatoms. The second-order valence-electron chi connectivity index (χ2n) is 7.00. The van der Waals surface area contributed by atoms with Crippen molar-refractivity contribution in [3.8, 4) is 0 Å². The van der Waals surface area contributed by atoms with Crippen molar-refractivity contribution in [2.75, 3.05) is 27.3 Å². The van der Waals surface area contributed by atoms with Crippen LogP contribution in [-0.2, 0) is 4.74 Å². The number of rotatable bonds is 5. The molecule has 0 saturated carbocycles. The molecule has 0 aliphatic carbocycles. The first-order valence-electron chi connectivity index (χ1n) is 9.15. The number of pyridine rings is 1. The molecule has 4 nitrogen and oxygen atoms in total. The SMILES string of the molecule is CN=C/C=C(/C(=NC)c1nc(C)cc(C2CCCOC2)c1C)C(C)C. The Morgan fingerprint density at radius 2 is 2.08 bits per heavy atom. The lowest BCUT2D eigenvalue weighted by molar-refractivity contribution is 0.0802. The minimum Gasteiger partial charge on any atom is -0.381 e. The van der Waals surface area contributed by atoms with E-state index in [1.165, 1.54) is 23.1 Å². The number of aliphatic imine (C=N–C) groups is 2. The largest absolute Gasteiger partial charge is 0.381 e. The molecule has 25 heavy (non-hydrogen) atoms. The standard InChI is InChI=1S/C21H31N3O/c1-14(2)18(9-10-22-5)21(23-6)20-16(4)19(12-15(3)24-20)17-8-7-11-25-13-17/h9-10,12,14,17H,7-8,11,13H2,1-6H3/b18-9+,22-10?,23-21?. The highest BCUT2D eigenvalue weighted by Gasteiger charge is 2.23. The van der Waals surface area contributed by atoms with Gasteiger partial charge in [0.15, 0.2) is 0 Å². The molecule has 136 valence electrons. The van der Waals surface area contributed by atoms with Gasteiger partial charge in [-0.1, -0.05) is 13.8 Å². The number of hydrogen-bond acceptors (Lipinski definition) is 4. The quantitative estimate of drug-likeness (QED) is 0.750. The number of aromatic nitrogens is 1. The van der Waals surface area contributed by atoms with Crippen LogP contribution < -0.4 is 0 Å². The fraction of sp³-hybridized carbons (Fsp3) is 0.571. The van der Waals surface area contributed by atoms with Crippen molar-refractivity contribution in [2.24, 2.45) is 15.9 Å². The van der Waals surface area contributed by atoms with Crippen LogP contribution in [0.2, 0.25) is 0 Å². The molecule has 1 unspecified atom stereocenters. The molecule has 1 saturated heterocycles. The number of aryl methyl sites for hydroxylation is 1. The van der Waals surface area contributed by atoms with E-state index < -0.39 is 0 Å². The normalized spacial score (nSPS) is 19.9. The number of nitrogens with zero attached hydrogens (tertiary/aromatic N) is 3. The highest BCUT2D eigenvalue weighted by atomic mass is 16.5. The van der Waals surface area contributed by atoms with E-state index in [9.17, 15) is 0 Å². The van der Waals surface area contributed by atoms with Crippen LogP contribution in [-0.4, -0.2) is 44.2 Å². The molecule has 1 aromatic rings. The molecule has 2 heterocycles. The van der Waals surface area contributed by atoms with E-state index >= 15 is 0 Å². The summed E-state index contributed by atoms with van der Waals surface area (Å²) in [6.45, 7) is 10.3. The zero-order valence-corrected chi connectivity index (χ0v) is 16.5. The lowest BCUT2D eigenvalue weighted by atomic mass is 9.86. The Bertz CT molecular complexity index is 681. The summed E-state index contributed by atoms with van der Waals surface area (Å²) in [5, 5.41) is 0. The second kappa shape index (κ2) is 9.04. The molecular weight excluding hydrogens is 310 g/mol. The number of allylic oxidation sites excluding steroid dienone is 2. The lowest BCUT2D eigenvalue weighted by Gasteiger charge is -2.26. The van der Waals surface area contributed by atoms with Crippen molar-refractivity contribution < 1.29 is 4.74 Å². The molecule has 0 spiro atoms. The van der Waals surface area contributed by atoms with Gasteiger partial charge in [-0.3, -0.25) is 15.0 Å². The summed E-state index contributed by atoms with van der Waals surface area (Å²) >= 11 is 0. The van der Waals surface area contributed by atoms with Crippen LogP contribution in [0.4, 0.5) is 0 Å². The van der Waals surface area contributed by atoms with Crippen LogP contribution in [0.1, 0.15) is 55.1 Å². The fourth-order valence-corrected chi connectivity index (χ4v) is 3.47. The molecule has 0 radical (unpaired) electrons. The Labute approximate surface area is 152 Å². The van der Waals surface area contributed by atoms with Crippen LogP contribution >= 0.6 is 0 Å². The summed E-state index contributed by atoms with van der Waals surface area (Å²) in [6, 6.07) is 2.22. The zero-order chi connectivity index (χ0) is 18.4. The number of ether oxygens (including phenoxy) is 1. The Hall–Kier alpha value is -1.81. The molecule has 0 aromatic carbocycles. The molecule has 1 aliphatic rings. The molecule has 1 atom stereocenters. The van der Waals surface area contributed by atoms with Crippen molar-refractivity contribution in [1.82, 2.24) is 4.98 Å². The van der Waals surface area contributed by atoms with Crippen LogP contribution in [0.3, 0.4) is 0 Å². The highest BCUT2D eigenvalue weighted by molar-refractivity contribution is 6.14. The van der Waals surface area contributed by atoms with E-state index in [1.807, 2.05) is 13.3 Å². The van der Waals surface area contributed by atoms with Crippen molar-refractivity contribution in [3.63, 3.8) is 0 Å². The van der Waals surface area contributed by atoms with Gasteiger partial charge in [-0.15, -0.1) is 0 Å². The fourth-order valence-electron chi connectivity index (χ4n) is 3.47. The predicted molar refractivity (Wildman–Crippen MR) is 106 cm³/mol. The van der Waals surface area contributed by atoms with Crippen LogP contribution in [0.25, 0.3) is 0 Å². The minimum atomic E-state index is 0.347. The third-order valence-corrected chi connectivity index (χ3v) is 4.79. The van der Waals surface area contributed by atoms with E-state index in [-0.39, 0.29) is 0 Å². The average Bonchev–Trinajstić information content (AvgIpc) is 2.61. The Morgan fingerprint density at radius 3 is 2.64 bits per heavy atom. The van der Waals surface area contributed by atoms with Crippen LogP contribution in [0.5, 0.6) is 0 Å². The van der Waals surface area contributed by atoms with Crippen LogP contribution in [0, 0.1) is 19.8 Å². The molecule has 0 N–H and O–H groups in total. The Morgan fingerprint density at radius 1 is 1.32 bits per heavy atom. The summed E-state index contributed by atoms with van der Waals surface area (Å²) in [6.07, 6.45) is 6.19. The topological polar surface area (TPSA) is 46.8 Å². The van der Waals surface area contributed by atoms with Gasteiger partial charge in [0.2, 0.25) is 0 Å². The first-order valence-corrected chi connectivity index (χ1v) is 9.15. The second-order valence-corrected chi connectivity index (χ2v) is 7.00. The van der Waals surface area contributed by atoms with Gasteiger partial charge >= 0.3 is 0 Å². The molecular formula is C21H31N3O.